The second-order valence-electron chi connectivity index (χ2n) is 4.47. The molecule has 0 radical (unpaired) electrons. The molecular formula is C12H11Cl2N3O4S2. The molecule has 0 fully saturated rings. The summed E-state index contributed by atoms with van der Waals surface area (Å²) in [6.07, 6.45) is 0.118. The van der Waals surface area contributed by atoms with Gasteiger partial charge in [0.25, 0.3) is 5.91 Å². The first-order chi connectivity index (χ1) is 10.7. The predicted octanol–water partition coefficient (Wildman–Crippen LogP) is 2.65. The number of benzene rings is 1. The summed E-state index contributed by atoms with van der Waals surface area (Å²) in [6, 6.07) is 4.61. The van der Waals surface area contributed by atoms with E-state index in [-0.39, 0.29) is 14.5 Å². The molecule has 0 saturated carbocycles. The standard InChI is InChI=1S/C12H11Cl2N3O4S2/c1-6(21-9-4-3-7(13)5-8(9)14)10(18)15-11-16-17-12(22-11)23(2,19)20/h3-6H,1-2H3,(H,15,16,18). The maximum absolute atomic E-state index is 12.0. The fourth-order valence-electron chi connectivity index (χ4n) is 1.43. The number of nitrogens with zero attached hydrogens (tertiary/aromatic N) is 2. The van der Waals surface area contributed by atoms with Gasteiger partial charge >= 0.3 is 0 Å². The van der Waals surface area contributed by atoms with Gasteiger partial charge in [-0.2, -0.15) is 0 Å². The molecule has 23 heavy (non-hydrogen) atoms. The molecule has 1 atom stereocenters. The minimum absolute atomic E-state index is 0.0630. The molecule has 0 spiro atoms. The van der Waals surface area contributed by atoms with Gasteiger partial charge in [-0.15, -0.1) is 10.2 Å². The summed E-state index contributed by atoms with van der Waals surface area (Å²) in [5.41, 5.74) is 0. The maximum atomic E-state index is 12.0. The summed E-state index contributed by atoms with van der Waals surface area (Å²) in [7, 11) is -3.46. The van der Waals surface area contributed by atoms with Crippen LogP contribution in [0.4, 0.5) is 5.13 Å². The highest BCUT2D eigenvalue weighted by Gasteiger charge is 2.20. The van der Waals surface area contributed by atoms with E-state index >= 15 is 0 Å². The van der Waals surface area contributed by atoms with Gasteiger partial charge in [-0.25, -0.2) is 8.42 Å². The Morgan fingerprint density at radius 1 is 1.35 bits per heavy atom. The Hall–Kier alpha value is -1.42. The molecule has 0 aliphatic heterocycles. The molecule has 124 valence electrons. The molecule has 0 aliphatic carbocycles. The molecule has 1 aromatic heterocycles. The number of carbonyl (C=O) groups is 1. The van der Waals surface area contributed by atoms with Crippen molar-refractivity contribution in [2.45, 2.75) is 17.4 Å². The number of carbonyl (C=O) groups excluding carboxylic acids is 1. The SMILES string of the molecule is CC(Oc1ccc(Cl)cc1Cl)C(=O)Nc1nnc(S(C)(=O)=O)s1. The smallest absolute Gasteiger partial charge is 0.266 e. The van der Waals surface area contributed by atoms with E-state index in [4.69, 9.17) is 27.9 Å². The van der Waals surface area contributed by atoms with Gasteiger partial charge in [-0.05, 0) is 25.1 Å². The topological polar surface area (TPSA) is 98.2 Å². The Kier molecular flexibility index (Phi) is 5.45. The summed E-state index contributed by atoms with van der Waals surface area (Å²) in [5, 5.41) is 10.3. The number of amides is 1. The number of anilines is 1. The van der Waals surface area contributed by atoms with Gasteiger partial charge in [0.1, 0.15) is 5.75 Å². The van der Waals surface area contributed by atoms with Crippen LogP contribution in [0, 0.1) is 0 Å². The first-order valence-corrected chi connectivity index (χ1v) is 9.59. The molecule has 1 N–H and O–H groups in total. The van der Waals surface area contributed by atoms with Crippen molar-refractivity contribution < 1.29 is 17.9 Å². The van der Waals surface area contributed by atoms with Crippen LogP contribution in [0.1, 0.15) is 6.92 Å². The zero-order valence-corrected chi connectivity index (χ0v) is 15.1. The highest BCUT2D eigenvalue weighted by molar-refractivity contribution is 7.92. The Morgan fingerprint density at radius 3 is 2.61 bits per heavy atom. The van der Waals surface area contributed by atoms with Gasteiger partial charge in [0.2, 0.25) is 19.3 Å². The van der Waals surface area contributed by atoms with Crippen LogP contribution < -0.4 is 10.1 Å². The fraction of sp³-hybridized carbons (Fsp3) is 0.250. The lowest BCUT2D eigenvalue weighted by Crippen LogP contribution is -2.30. The van der Waals surface area contributed by atoms with Gasteiger partial charge in [0.05, 0.1) is 5.02 Å². The van der Waals surface area contributed by atoms with E-state index in [1.807, 2.05) is 0 Å². The third-order valence-electron chi connectivity index (χ3n) is 2.52. The van der Waals surface area contributed by atoms with Crippen LogP contribution >= 0.6 is 34.5 Å². The van der Waals surface area contributed by atoms with Crippen molar-refractivity contribution in [3.05, 3.63) is 28.2 Å². The number of hydrogen-bond acceptors (Lipinski definition) is 7. The van der Waals surface area contributed by atoms with E-state index in [9.17, 15) is 13.2 Å². The fourth-order valence-corrected chi connectivity index (χ4v) is 3.40. The first-order valence-electron chi connectivity index (χ1n) is 6.13. The lowest BCUT2D eigenvalue weighted by atomic mass is 10.3. The molecule has 11 heteroatoms. The number of sulfone groups is 1. The van der Waals surface area contributed by atoms with Crippen molar-refractivity contribution in [2.24, 2.45) is 0 Å². The third kappa shape index (κ3) is 4.77. The lowest BCUT2D eigenvalue weighted by Gasteiger charge is -2.14. The highest BCUT2D eigenvalue weighted by Crippen LogP contribution is 2.28. The number of ether oxygens (including phenoxy) is 1. The number of nitrogens with one attached hydrogen (secondary N) is 1. The van der Waals surface area contributed by atoms with Crippen LogP contribution in [0.5, 0.6) is 5.75 Å². The van der Waals surface area contributed by atoms with E-state index in [0.29, 0.717) is 10.8 Å². The molecular weight excluding hydrogens is 385 g/mol. The van der Waals surface area contributed by atoms with Crippen LogP contribution in [0.15, 0.2) is 22.5 Å². The zero-order valence-electron chi connectivity index (χ0n) is 11.9. The van der Waals surface area contributed by atoms with Crippen LogP contribution in [-0.2, 0) is 14.6 Å². The van der Waals surface area contributed by atoms with Gasteiger partial charge in [0, 0.05) is 11.3 Å². The Balaban J connectivity index is 2.04. The molecule has 0 saturated heterocycles. The minimum Gasteiger partial charge on any atom is -0.479 e. The van der Waals surface area contributed by atoms with E-state index in [1.165, 1.54) is 13.0 Å². The minimum atomic E-state index is -3.46. The van der Waals surface area contributed by atoms with Crippen molar-refractivity contribution in [2.75, 3.05) is 11.6 Å². The molecule has 0 bridgehead atoms. The molecule has 0 aliphatic rings. The molecule has 7 nitrogen and oxygen atoms in total. The molecule has 2 rings (SSSR count). The number of aromatic nitrogens is 2. The normalized spacial score (nSPS) is 12.7. The summed E-state index contributed by atoms with van der Waals surface area (Å²) >= 11 is 12.5. The van der Waals surface area contributed by atoms with Crippen molar-refractivity contribution in [1.82, 2.24) is 10.2 Å². The Labute approximate surface area is 146 Å². The Morgan fingerprint density at radius 2 is 2.04 bits per heavy atom. The zero-order chi connectivity index (χ0) is 17.2. The number of hydrogen-bond donors (Lipinski definition) is 1. The van der Waals surface area contributed by atoms with Crippen molar-refractivity contribution in [3.63, 3.8) is 0 Å². The van der Waals surface area contributed by atoms with Crippen LogP contribution in [0.3, 0.4) is 0 Å². The second kappa shape index (κ2) is 7.00. The lowest BCUT2D eigenvalue weighted by molar-refractivity contribution is -0.122. The van der Waals surface area contributed by atoms with Gasteiger partial charge < -0.3 is 4.74 Å². The van der Waals surface area contributed by atoms with E-state index in [1.54, 1.807) is 12.1 Å². The van der Waals surface area contributed by atoms with Crippen molar-refractivity contribution in [3.8, 4) is 5.75 Å². The molecule has 1 aromatic carbocycles. The first kappa shape index (κ1) is 17.9. The van der Waals surface area contributed by atoms with Crippen LogP contribution in [0.25, 0.3) is 0 Å². The summed E-state index contributed by atoms with van der Waals surface area (Å²) < 4.78 is 27.9. The molecule has 1 amide bonds. The number of rotatable bonds is 5. The quantitative estimate of drug-likeness (QED) is 0.781. The highest BCUT2D eigenvalue weighted by atomic mass is 35.5. The van der Waals surface area contributed by atoms with Gasteiger partial charge in [-0.1, -0.05) is 34.5 Å². The van der Waals surface area contributed by atoms with Gasteiger partial charge in [0.15, 0.2) is 6.10 Å². The summed E-state index contributed by atoms with van der Waals surface area (Å²) in [6.45, 7) is 1.51. The average molecular weight is 396 g/mol. The average Bonchev–Trinajstić information content (AvgIpc) is 2.90. The molecule has 1 heterocycles. The Bertz CT molecular complexity index is 839. The summed E-state index contributed by atoms with van der Waals surface area (Å²) in [4.78, 5) is 12.0. The van der Waals surface area contributed by atoms with E-state index in [2.05, 4.69) is 15.5 Å². The van der Waals surface area contributed by atoms with E-state index < -0.39 is 21.8 Å². The van der Waals surface area contributed by atoms with Crippen LogP contribution in [0.2, 0.25) is 10.0 Å². The molecule has 2 aromatic rings. The van der Waals surface area contributed by atoms with Crippen LogP contribution in [-0.4, -0.2) is 36.9 Å². The largest absolute Gasteiger partial charge is 0.479 e. The monoisotopic (exact) mass is 395 g/mol. The van der Waals surface area contributed by atoms with Crippen molar-refractivity contribution >= 4 is 55.4 Å². The molecule has 1 unspecified atom stereocenters. The van der Waals surface area contributed by atoms with E-state index in [0.717, 1.165) is 17.6 Å². The van der Waals surface area contributed by atoms with Crippen molar-refractivity contribution in [1.29, 1.82) is 0 Å². The maximum Gasteiger partial charge on any atom is 0.266 e. The van der Waals surface area contributed by atoms with Gasteiger partial charge in [-0.3, -0.25) is 10.1 Å². The number of halogens is 2. The third-order valence-corrected chi connectivity index (χ3v) is 5.56. The summed E-state index contributed by atoms with van der Waals surface area (Å²) in [5.74, 6) is -0.222. The predicted molar refractivity (Wildman–Crippen MR) is 88.2 cm³/mol. The second-order valence-corrected chi connectivity index (χ2v) is 8.48.